The van der Waals surface area contributed by atoms with E-state index in [1.54, 1.807) is 12.1 Å². The smallest absolute Gasteiger partial charge is 0.276 e. The van der Waals surface area contributed by atoms with Crippen LogP contribution in [0.5, 0.6) is 0 Å². The molecule has 0 aliphatic heterocycles. The van der Waals surface area contributed by atoms with Crippen LogP contribution in [0, 0.1) is 16.0 Å². The first-order chi connectivity index (χ1) is 9.61. The van der Waals surface area contributed by atoms with Gasteiger partial charge in [0.05, 0.1) is 23.2 Å². The second-order valence-electron chi connectivity index (χ2n) is 5.16. The maximum Gasteiger partial charge on any atom is 0.276 e. The highest BCUT2D eigenvalue weighted by Gasteiger charge is 2.25. The van der Waals surface area contributed by atoms with Crippen LogP contribution in [-0.2, 0) is 11.3 Å². The molecular formula is C14H19ClN2O3. The van der Waals surface area contributed by atoms with Gasteiger partial charge < -0.3 is 10.5 Å². The predicted molar refractivity (Wildman–Crippen MR) is 77.7 cm³/mol. The summed E-state index contributed by atoms with van der Waals surface area (Å²) >= 11 is 5.79. The molecule has 1 saturated carbocycles. The molecule has 2 atom stereocenters. The Morgan fingerprint density at radius 1 is 1.40 bits per heavy atom. The van der Waals surface area contributed by atoms with Crippen LogP contribution in [0.15, 0.2) is 18.2 Å². The quantitative estimate of drug-likeness (QED) is 0.668. The Bertz CT molecular complexity index is 481. The number of hydrogen-bond acceptors (Lipinski definition) is 4. The standard InChI is InChI=1S/C14H19ClN2O3/c15-12-6-5-11(13(7-12)17(18)19)9-20-14-4-2-1-3-10(14)8-16/h5-7,10,14H,1-4,8-9,16H2. The highest BCUT2D eigenvalue weighted by Crippen LogP contribution is 2.29. The van der Waals surface area contributed by atoms with E-state index in [-0.39, 0.29) is 18.4 Å². The zero-order valence-corrected chi connectivity index (χ0v) is 12.0. The molecule has 2 rings (SSSR count). The van der Waals surface area contributed by atoms with Gasteiger partial charge in [0.2, 0.25) is 0 Å². The topological polar surface area (TPSA) is 78.4 Å². The molecule has 0 saturated heterocycles. The van der Waals surface area contributed by atoms with Gasteiger partial charge in [0.1, 0.15) is 0 Å². The molecule has 1 aromatic rings. The second-order valence-corrected chi connectivity index (χ2v) is 5.60. The van der Waals surface area contributed by atoms with Gasteiger partial charge in [0.25, 0.3) is 5.69 Å². The maximum absolute atomic E-state index is 11.0. The molecule has 1 aliphatic carbocycles. The summed E-state index contributed by atoms with van der Waals surface area (Å²) in [6.07, 6.45) is 4.46. The van der Waals surface area contributed by atoms with Crippen molar-refractivity contribution < 1.29 is 9.66 Å². The summed E-state index contributed by atoms with van der Waals surface area (Å²) < 4.78 is 5.88. The molecule has 1 aliphatic rings. The van der Waals surface area contributed by atoms with E-state index in [1.165, 1.54) is 12.5 Å². The Labute approximate surface area is 123 Å². The van der Waals surface area contributed by atoms with Crippen LogP contribution in [-0.4, -0.2) is 17.6 Å². The fourth-order valence-corrected chi connectivity index (χ4v) is 2.85. The lowest BCUT2D eigenvalue weighted by Crippen LogP contribution is -2.33. The van der Waals surface area contributed by atoms with Crippen LogP contribution in [0.1, 0.15) is 31.2 Å². The third-order valence-corrected chi connectivity index (χ3v) is 4.07. The average molecular weight is 299 g/mol. The van der Waals surface area contributed by atoms with Crippen molar-refractivity contribution in [1.29, 1.82) is 0 Å². The average Bonchev–Trinajstić information content (AvgIpc) is 2.46. The minimum absolute atomic E-state index is 0.0117. The van der Waals surface area contributed by atoms with Crippen molar-refractivity contribution in [1.82, 2.24) is 0 Å². The van der Waals surface area contributed by atoms with Crippen molar-refractivity contribution in [2.75, 3.05) is 6.54 Å². The minimum Gasteiger partial charge on any atom is -0.373 e. The monoisotopic (exact) mass is 298 g/mol. The highest BCUT2D eigenvalue weighted by molar-refractivity contribution is 6.30. The van der Waals surface area contributed by atoms with E-state index < -0.39 is 4.92 Å². The molecule has 0 aromatic heterocycles. The Kier molecular flexibility index (Phi) is 5.34. The molecule has 1 aromatic carbocycles. The Balaban J connectivity index is 2.04. The number of nitro groups is 1. The van der Waals surface area contributed by atoms with Crippen LogP contribution in [0.25, 0.3) is 0 Å². The SMILES string of the molecule is NCC1CCCCC1OCc1ccc(Cl)cc1[N+](=O)[O-]. The van der Waals surface area contributed by atoms with Crippen LogP contribution in [0.4, 0.5) is 5.69 Å². The zero-order valence-electron chi connectivity index (χ0n) is 11.3. The first-order valence-electron chi connectivity index (χ1n) is 6.86. The summed E-state index contributed by atoms with van der Waals surface area (Å²) in [6, 6.07) is 4.66. The van der Waals surface area contributed by atoms with E-state index in [2.05, 4.69) is 0 Å². The summed E-state index contributed by atoms with van der Waals surface area (Å²) in [5.41, 5.74) is 6.32. The largest absolute Gasteiger partial charge is 0.373 e. The van der Waals surface area contributed by atoms with Gasteiger partial charge in [-0.15, -0.1) is 0 Å². The van der Waals surface area contributed by atoms with Crippen molar-refractivity contribution in [3.63, 3.8) is 0 Å². The summed E-state index contributed by atoms with van der Waals surface area (Å²) in [5.74, 6) is 0.357. The zero-order chi connectivity index (χ0) is 14.5. The van der Waals surface area contributed by atoms with Crippen molar-refractivity contribution in [3.05, 3.63) is 38.9 Å². The molecule has 0 radical (unpaired) electrons. The number of ether oxygens (including phenoxy) is 1. The van der Waals surface area contributed by atoms with Crippen molar-refractivity contribution in [3.8, 4) is 0 Å². The van der Waals surface area contributed by atoms with E-state index in [0.717, 1.165) is 19.3 Å². The molecule has 6 heteroatoms. The third-order valence-electron chi connectivity index (χ3n) is 3.84. The lowest BCUT2D eigenvalue weighted by molar-refractivity contribution is -0.386. The molecule has 0 amide bonds. The number of benzene rings is 1. The van der Waals surface area contributed by atoms with Crippen molar-refractivity contribution in [2.45, 2.75) is 38.4 Å². The molecule has 110 valence electrons. The minimum atomic E-state index is -0.425. The molecule has 2 unspecified atom stereocenters. The van der Waals surface area contributed by atoms with E-state index >= 15 is 0 Å². The van der Waals surface area contributed by atoms with Gasteiger partial charge in [-0.25, -0.2) is 0 Å². The molecule has 20 heavy (non-hydrogen) atoms. The van der Waals surface area contributed by atoms with E-state index in [0.29, 0.717) is 23.0 Å². The summed E-state index contributed by atoms with van der Waals surface area (Å²) in [5, 5.41) is 11.4. The van der Waals surface area contributed by atoms with Gasteiger partial charge in [-0.1, -0.05) is 24.4 Å². The Morgan fingerprint density at radius 2 is 2.15 bits per heavy atom. The molecule has 1 fully saturated rings. The summed E-state index contributed by atoms with van der Waals surface area (Å²) in [7, 11) is 0. The number of hydrogen-bond donors (Lipinski definition) is 1. The lowest BCUT2D eigenvalue weighted by Gasteiger charge is -2.30. The van der Waals surface area contributed by atoms with Crippen LogP contribution >= 0.6 is 11.6 Å². The third kappa shape index (κ3) is 3.69. The fourth-order valence-electron chi connectivity index (χ4n) is 2.69. The molecule has 2 N–H and O–H groups in total. The van der Waals surface area contributed by atoms with E-state index in [9.17, 15) is 10.1 Å². The van der Waals surface area contributed by atoms with Gasteiger partial charge in [-0.2, -0.15) is 0 Å². The predicted octanol–water partition coefficient (Wildman–Crippen LogP) is 3.28. The fraction of sp³-hybridized carbons (Fsp3) is 0.571. The molecule has 0 spiro atoms. The van der Waals surface area contributed by atoms with Gasteiger partial charge in [-0.05, 0) is 37.4 Å². The van der Waals surface area contributed by atoms with Crippen molar-refractivity contribution >= 4 is 17.3 Å². The van der Waals surface area contributed by atoms with Gasteiger partial charge >= 0.3 is 0 Å². The van der Waals surface area contributed by atoms with E-state index in [4.69, 9.17) is 22.1 Å². The normalized spacial score (nSPS) is 22.7. The first kappa shape index (κ1) is 15.2. The van der Waals surface area contributed by atoms with Crippen LogP contribution < -0.4 is 5.73 Å². The van der Waals surface area contributed by atoms with Gasteiger partial charge in [0.15, 0.2) is 0 Å². The Hall–Kier alpha value is -1.17. The molecule has 5 nitrogen and oxygen atoms in total. The highest BCUT2D eigenvalue weighted by atomic mass is 35.5. The number of nitrogens with two attached hydrogens (primary N) is 1. The molecule has 0 heterocycles. The van der Waals surface area contributed by atoms with Gasteiger partial charge in [0, 0.05) is 11.1 Å². The van der Waals surface area contributed by atoms with E-state index in [1.807, 2.05) is 0 Å². The van der Waals surface area contributed by atoms with Crippen LogP contribution in [0.3, 0.4) is 0 Å². The number of halogens is 1. The number of nitro benzene ring substituents is 1. The lowest BCUT2D eigenvalue weighted by atomic mass is 9.86. The van der Waals surface area contributed by atoms with Gasteiger partial charge in [-0.3, -0.25) is 10.1 Å². The maximum atomic E-state index is 11.0. The van der Waals surface area contributed by atoms with Crippen LogP contribution in [0.2, 0.25) is 5.02 Å². The summed E-state index contributed by atoms with van der Waals surface area (Å²) in [4.78, 5) is 10.6. The number of rotatable bonds is 5. The summed E-state index contributed by atoms with van der Waals surface area (Å²) in [6.45, 7) is 0.835. The number of nitrogens with zero attached hydrogens (tertiary/aromatic N) is 1. The molecule has 0 bridgehead atoms. The van der Waals surface area contributed by atoms with Crippen molar-refractivity contribution in [2.24, 2.45) is 11.7 Å². The molecular weight excluding hydrogens is 280 g/mol. The first-order valence-corrected chi connectivity index (χ1v) is 7.24. The Morgan fingerprint density at radius 3 is 2.85 bits per heavy atom. The second kappa shape index (κ2) is 7.02.